The molecule has 4 heterocycles. The zero-order valence-electron chi connectivity index (χ0n) is 21.3. The number of hydrogen-bond donors (Lipinski definition) is 0. The van der Waals surface area contributed by atoms with Gasteiger partial charge in [0, 0.05) is 56.4 Å². The number of nitrogens with zero attached hydrogens (tertiary/aromatic N) is 7. The van der Waals surface area contributed by atoms with E-state index in [1.54, 1.807) is 12.0 Å². The molecular formula is C25H33N7O4. The van der Waals surface area contributed by atoms with Crippen LogP contribution >= 0.6 is 0 Å². The summed E-state index contributed by atoms with van der Waals surface area (Å²) in [6.07, 6.45) is 1.58. The second-order valence-electron chi connectivity index (χ2n) is 9.92. The smallest absolute Gasteiger partial charge is 0.410 e. The number of ether oxygens (including phenoxy) is 3. The van der Waals surface area contributed by atoms with Crippen LogP contribution in [0.15, 0.2) is 30.5 Å². The van der Waals surface area contributed by atoms with E-state index in [4.69, 9.17) is 14.2 Å². The van der Waals surface area contributed by atoms with Crippen LogP contribution in [0.4, 0.5) is 16.3 Å². The number of rotatable bonds is 4. The van der Waals surface area contributed by atoms with Gasteiger partial charge in [0.1, 0.15) is 11.4 Å². The van der Waals surface area contributed by atoms with Crippen LogP contribution in [-0.4, -0.2) is 95.9 Å². The summed E-state index contributed by atoms with van der Waals surface area (Å²) in [4.78, 5) is 27.8. The van der Waals surface area contributed by atoms with Gasteiger partial charge in [0.25, 0.3) is 0 Å². The fourth-order valence-corrected chi connectivity index (χ4v) is 4.42. The number of aromatic nitrogens is 4. The Morgan fingerprint density at radius 2 is 1.67 bits per heavy atom. The molecule has 11 heteroatoms. The van der Waals surface area contributed by atoms with E-state index in [9.17, 15) is 4.79 Å². The Bertz CT molecular complexity index is 1220. The number of carbonyl (C=O) groups is 1. The van der Waals surface area contributed by atoms with Crippen molar-refractivity contribution >= 4 is 28.5 Å². The number of methoxy groups -OCH3 is 1. The van der Waals surface area contributed by atoms with E-state index in [-0.39, 0.29) is 6.09 Å². The Morgan fingerprint density at radius 3 is 2.36 bits per heavy atom. The molecule has 0 aliphatic carbocycles. The molecule has 0 saturated carbocycles. The van der Waals surface area contributed by atoms with Crippen molar-refractivity contribution in [1.29, 1.82) is 0 Å². The second kappa shape index (κ2) is 9.81. The predicted molar refractivity (Wildman–Crippen MR) is 136 cm³/mol. The Balaban J connectivity index is 1.38. The standard InChI is InChI=1S/C25H33N7O4/c1-25(2,3)36-24(33)31-9-7-29(8-10-31)19-6-5-18-17-26-32(20(18)15-19)22-16-21(27-23(28-22)34-4)30-11-13-35-14-12-30/h5-6,15-17H,7-14H2,1-4H3. The van der Waals surface area contributed by atoms with Crippen molar-refractivity contribution in [1.82, 2.24) is 24.6 Å². The minimum atomic E-state index is -0.497. The monoisotopic (exact) mass is 495 g/mol. The third kappa shape index (κ3) is 5.15. The molecule has 0 N–H and O–H groups in total. The van der Waals surface area contributed by atoms with Crippen LogP contribution in [0.3, 0.4) is 0 Å². The quantitative estimate of drug-likeness (QED) is 0.541. The third-order valence-electron chi connectivity index (χ3n) is 6.26. The van der Waals surface area contributed by atoms with Crippen LogP contribution in [0.25, 0.3) is 16.7 Å². The van der Waals surface area contributed by atoms with Crippen LogP contribution in [0.5, 0.6) is 6.01 Å². The first-order chi connectivity index (χ1) is 17.3. The molecule has 11 nitrogen and oxygen atoms in total. The lowest BCUT2D eigenvalue weighted by molar-refractivity contribution is 0.0240. The van der Waals surface area contributed by atoms with Crippen molar-refractivity contribution < 1.29 is 19.0 Å². The minimum Gasteiger partial charge on any atom is -0.467 e. The molecule has 1 amide bonds. The number of amides is 1. The zero-order chi connectivity index (χ0) is 25.3. The van der Waals surface area contributed by atoms with Crippen molar-refractivity contribution in [2.24, 2.45) is 0 Å². The molecule has 2 aromatic heterocycles. The summed E-state index contributed by atoms with van der Waals surface area (Å²) in [5.74, 6) is 1.43. The molecule has 0 spiro atoms. The van der Waals surface area contributed by atoms with Crippen LogP contribution in [0, 0.1) is 0 Å². The molecule has 2 fully saturated rings. The minimum absolute atomic E-state index is 0.260. The van der Waals surface area contributed by atoms with E-state index in [0.717, 1.165) is 48.6 Å². The first-order valence-electron chi connectivity index (χ1n) is 12.3. The predicted octanol–water partition coefficient (Wildman–Crippen LogP) is 2.72. The number of anilines is 2. The average molecular weight is 496 g/mol. The Hall–Kier alpha value is -3.60. The number of morpholine rings is 1. The molecule has 3 aromatic rings. The summed E-state index contributed by atoms with van der Waals surface area (Å²) in [6.45, 7) is 11.2. The van der Waals surface area contributed by atoms with E-state index in [1.807, 2.05) is 37.7 Å². The van der Waals surface area contributed by atoms with Gasteiger partial charge in [-0.15, -0.1) is 0 Å². The topological polar surface area (TPSA) is 98.1 Å². The van der Waals surface area contributed by atoms with Crippen LogP contribution < -0.4 is 14.5 Å². The fourth-order valence-electron chi connectivity index (χ4n) is 4.42. The van der Waals surface area contributed by atoms with Crippen molar-refractivity contribution in [3.63, 3.8) is 0 Å². The first-order valence-corrected chi connectivity index (χ1v) is 12.3. The van der Waals surface area contributed by atoms with Gasteiger partial charge in [-0.2, -0.15) is 15.1 Å². The highest BCUT2D eigenvalue weighted by molar-refractivity contribution is 5.84. The first kappa shape index (κ1) is 24.1. The Morgan fingerprint density at radius 1 is 0.944 bits per heavy atom. The molecule has 0 unspecified atom stereocenters. The van der Waals surface area contributed by atoms with E-state index < -0.39 is 5.60 Å². The molecule has 0 bridgehead atoms. The van der Waals surface area contributed by atoms with Gasteiger partial charge in [0.05, 0.1) is 32.0 Å². The van der Waals surface area contributed by atoms with Crippen LogP contribution in [-0.2, 0) is 9.47 Å². The van der Waals surface area contributed by atoms with Crippen LogP contribution in [0.1, 0.15) is 20.8 Å². The summed E-state index contributed by atoms with van der Waals surface area (Å²) in [5, 5.41) is 5.63. The third-order valence-corrected chi connectivity index (χ3v) is 6.26. The van der Waals surface area contributed by atoms with Crippen molar-refractivity contribution in [3.05, 3.63) is 30.5 Å². The maximum atomic E-state index is 12.4. The maximum Gasteiger partial charge on any atom is 0.410 e. The lowest BCUT2D eigenvalue weighted by atomic mass is 10.2. The molecule has 0 radical (unpaired) electrons. The second-order valence-corrected chi connectivity index (χ2v) is 9.92. The number of carbonyl (C=O) groups excluding carboxylic acids is 1. The van der Waals surface area contributed by atoms with Crippen molar-refractivity contribution in [2.45, 2.75) is 26.4 Å². The van der Waals surface area contributed by atoms with E-state index in [1.165, 1.54) is 0 Å². The van der Waals surface area contributed by atoms with Gasteiger partial charge in [-0.05, 0) is 39.0 Å². The summed E-state index contributed by atoms with van der Waals surface area (Å²) < 4.78 is 18.2. The summed E-state index contributed by atoms with van der Waals surface area (Å²) >= 11 is 0. The van der Waals surface area contributed by atoms with Gasteiger partial charge < -0.3 is 28.9 Å². The van der Waals surface area contributed by atoms with Gasteiger partial charge in [-0.3, -0.25) is 0 Å². The summed E-state index contributed by atoms with van der Waals surface area (Å²) in [6, 6.07) is 8.51. The van der Waals surface area contributed by atoms with Gasteiger partial charge in [0.15, 0.2) is 5.82 Å². The van der Waals surface area contributed by atoms with E-state index >= 15 is 0 Å². The number of benzene rings is 1. The number of piperazine rings is 1. The SMILES string of the molecule is COc1nc(N2CCOCC2)cc(-n2ncc3ccc(N4CCN(C(=O)OC(C)(C)C)CC4)cc32)n1. The number of fused-ring (bicyclic) bond motifs is 1. The Kier molecular flexibility index (Phi) is 6.57. The highest BCUT2D eigenvalue weighted by Gasteiger charge is 2.26. The molecule has 192 valence electrons. The maximum absolute atomic E-state index is 12.4. The lowest BCUT2D eigenvalue weighted by Gasteiger charge is -2.36. The molecule has 1 aromatic carbocycles. The van der Waals surface area contributed by atoms with Crippen molar-refractivity contribution in [3.8, 4) is 11.8 Å². The van der Waals surface area contributed by atoms with Gasteiger partial charge in [-0.25, -0.2) is 9.48 Å². The normalized spacial score (nSPS) is 16.9. The average Bonchev–Trinajstić information content (AvgIpc) is 3.31. The van der Waals surface area contributed by atoms with Gasteiger partial charge in [-0.1, -0.05) is 0 Å². The fraction of sp³-hybridized carbons (Fsp3) is 0.520. The molecule has 5 rings (SSSR count). The molecule has 2 saturated heterocycles. The van der Waals surface area contributed by atoms with Crippen LogP contribution in [0.2, 0.25) is 0 Å². The molecule has 36 heavy (non-hydrogen) atoms. The molecule has 0 atom stereocenters. The molecular weight excluding hydrogens is 462 g/mol. The zero-order valence-corrected chi connectivity index (χ0v) is 21.3. The van der Waals surface area contributed by atoms with Gasteiger partial charge >= 0.3 is 12.1 Å². The largest absolute Gasteiger partial charge is 0.467 e. The lowest BCUT2D eigenvalue weighted by Crippen LogP contribution is -2.50. The Labute approximate surface area is 210 Å². The molecule has 2 aliphatic rings. The van der Waals surface area contributed by atoms with Gasteiger partial charge in [0.2, 0.25) is 0 Å². The highest BCUT2D eigenvalue weighted by Crippen LogP contribution is 2.27. The summed E-state index contributed by atoms with van der Waals surface area (Å²) in [7, 11) is 1.57. The van der Waals surface area contributed by atoms with Crippen molar-refractivity contribution in [2.75, 3.05) is 69.4 Å². The summed E-state index contributed by atoms with van der Waals surface area (Å²) in [5.41, 5.74) is 1.52. The molecule has 2 aliphatic heterocycles. The van der Waals surface area contributed by atoms with E-state index in [2.05, 4.69) is 43.1 Å². The number of hydrogen-bond acceptors (Lipinski definition) is 9. The highest BCUT2D eigenvalue weighted by atomic mass is 16.6. The van der Waals surface area contributed by atoms with E-state index in [0.29, 0.717) is 38.1 Å².